The van der Waals surface area contributed by atoms with Gasteiger partial charge in [0.1, 0.15) is 0 Å². The smallest absolute Gasteiger partial charge is 0.0844 e. The standard InChI is InChI=1S/C5H8O.C4H8O/c1-2-3-5-4-6-5;1-2-4-5-3-1/h2,5H,1,3-4H2;1-4H2. The Morgan fingerprint density at radius 3 is 2.18 bits per heavy atom. The first-order valence-electron chi connectivity index (χ1n) is 4.23. The normalized spacial score (nSPS) is 27.1. The van der Waals surface area contributed by atoms with Crippen molar-refractivity contribution in [2.45, 2.75) is 25.4 Å². The highest BCUT2D eigenvalue weighted by molar-refractivity contribution is 4.79. The van der Waals surface area contributed by atoms with E-state index in [2.05, 4.69) is 6.58 Å². The third kappa shape index (κ3) is 4.99. The van der Waals surface area contributed by atoms with E-state index in [1.807, 2.05) is 6.08 Å². The number of hydrogen-bond donors (Lipinski definition) is 0. The Balaban J connectivity index is 0.000000112. The summed E-state index contributed by atoms with van der Waals surface area (Å²) in [7, 11) is 0. The van der Waals surface area contributed by atoms with Gasteiger partial charge in [0, 0.05) is 13.2 Å². The molecule has 2 rings (SSSR count). The number of epoxide rings is 1. The van der Waals surface area contributed by atoms with E-state index in [1.54, 1.807) is 0 Å². The van der Waals surface area contributed by atoms with Crippen molar-refractivity contribution in [3.05, 3.63) is 12.7 Å². The molecule has 0 saturated carbocycles. The maximum Gasteiger partial charge on any atom is 0.0844 e. The zero-order valence-electron chi connectivity index (χ0n) is 6.92. The molecule has 0 bridgehead atoms. The average Bonchev–Trinajstić information content (AvgIpc) is 2.68. The lowest BCUT2D eigenvalue weighted by atomic mass is 10.3. The molecule has 2 heteroatoms. The SMILES string of the molecule is C1CCOC1.C=CCC1CO1. The van der Waals surface area contributed by atoms with Crippen molar-refractivity contribution in [2.75, 3.05) is 19.8 Å². The third-order valence-electron chi connectivity index (χ3n) is 1.66. The van der Waals surface area contributed by atoms with E-state index in [4.69, 9.17) is 9.47 Å². The van der Waals surface area contributed by atoms with Crippen LogP contribution in [0.1, 0.15) is 19.3 Å². The summed E-state index contributed by atoms with van der Waals surface area (Å²) in [6, 6.07) is 0. The van der Waals surface area contributed by atoms with Gasteiger partial charge in [0.25, 0.3) is 0 Å². The van der Waals surface area contributed by atoms with Gasteiger partial charge in [0.05, 0.1) is 12.7 Å². The van der Waals surface area contributed by atoms with E-state index in [0.29, 0.717) is 6.10 Å². The van der Waals surface area contributed by atoms with E-state index in [1.165, 1.54) is 12.8 Å². The zero-order chi connectivity index (χ0) is 7.94. The highest BCUT2D eigenvalue weighted by Crippen LogP contribution is 2.12. The Labute approximate surface area is 68.2 Å². The highest BCUT2D eigenvalue weighted by atomic mass is 16.6. The minimum atomic E-state index is 0.530. The molecule has 0 spiro atoms. The molecule has 2 aliphatic heterocycles. The van der Waals surface area contributed by atoms with E-state index in [-0.39, 0.29) is 0 Å². The number of rotatable bonds is 2. The summed E-state index contributed by atoms with van der Waals surface area (Å²) >= 11 is 0. The van der Waals surface area contributed by atoms with Crippen LogP contribution < -0.4 is 0 Å². The lowest BCUT2D eigenvalue weighted by Gasteiger charge is -1.76. The van der Waals surface area contributed by atoms with Gasteiger partial charge in [-0.3, -0.25) is 0 Å². The first-order chi connectivity index (χ1) is 5.43. The molecule has 1 unspecified atom stereocenters. The fraction of sp³-hybridized carbons (Fsp3) is 0.778. The summed E-state index contributed by atoms with van der Waals surface area (Å²) in [6.45, 7) is 6.51. The minimum absolute atomic E-state index is 0.530. The highest BCUT2D eigenvalue weighted by Gasteiger charge is 2.19. The van der Waals surface area contributed by atoms with Crippen LogP contribution in [0.3, 0.4) is 0 Å². The van der Waals surface area contributed by atoms with Gasteiger partial charge in [-0.05, 0) is 19.3 Å². The van der Waals surface area contributed by atoms with Crippen LogP contribution in [-0.2, 0) is 9.47 Å². The molecule has 0 N–H and O–H groups in total. The van der Waals surface area contributed by atoms with Crippen LogP contribution in [0.5, 0.6) is 0 Å². The van der Waals surface area contributed by atoms with Crippen molar-refractivity contribution in [1.82, 2.24) is 0 Å². The fourth-order valence-electron chi connectivity index (χ4n) is 0.900. The molecule has 2 aliphatic rings. The molecule has 0 aliphatic carbocycles. The predicted octanol–water partition coefficient (Wildman–Crippen LogP) is 1.76. The fourth-order valence-corrected chi connectivity index (χ4v) is 0.900. The number of ether oxygens (including phenoxy) is 2. The van der Waals surface area contributed by atoms with E-state index in [0.717, 1.165) is 26.2 Å². The van der Waals surface area contributed by atoms with Crippen molar-refractivity contribution in [3.8, 4) is 0 Å². The van der Waals surface area contributed by atoms with E-state index >= 15 is 0 Å². The van der Waals surface area contributed by atoms with E-state index in [9.17, 15) is 0 Å². The molecule has 2 nitrogen and oxygen atoms in total. The Morgan fingerprint density at radius 1 is 1.36 bits per heavy atom. The third-order valence-corrected chi connectivity index (χ3v) is 1.66. The number of hydrogen-bond acceptors (Lipinski definition) is 2. The lowest BCUT2D eigenvalue weighted by molar-refractivity contribution is 0.198. The maximum absolute atomic E-state index is 4.94. The van der Waals surface area contributed by atoms with Gasteiger partial charge >= 0.3 is 0 Å². The lowest BCUT2D eigenvalue weighted by Crippen LogP contribution is -1.75. The Kier molecular flexibility index (Phi) is 4.24. The van der Waals surface area contributed by atoms with Crippen LogP contribution >= 0.6 is 0 Å². The van der Waals surface area contributed by atoms with Gasteiger partial charge in [0.15, 0.2) is 0 Å². The predicted molar refractivity (Wildman–Crippen MR) is 44.6 cm³/mol. The van der Waals surface area contributed by atoms with Crippen LogP contribution in [-0.4, -0.2) is 25.9 Å². The van der Waals surface area contributed by atoms with Crippen LogP contribution in [0.25, 0.3) is 0 Å². The molecule has 11 heavy (non-hydrogen) atoms. The summed E-state index contributed by atoms with van der Waals surface area (Å²) in [4.78, 5) is 0. The minimum Gasteiger partial charge on any atom is -0.381 e. The van der Waals surface area contributed by atoms with Crippen LogP contribution in [0.4, 0.5) is 0 Å². The zero-order valence-corrected chi connectivity index (χ0v) is 6.92. The van der Waals surface area contributed by atoms with Gasteiger partial charge in [-0.25, -0.2) is 0 Å². The first-order valence-corrected chi connectivity index (χ1v) is 4.23. The summed E-state index contributed by atoms with van der Waals surface area (Å²) in [5.74, 6) is 0. The largest absolute Gasteiger partial charge is 0.381 e. The topological polar surface area (TPSA) is 21.8 Å². The monoisotopic (exact) mass is 156 g/mol. The second-order valence-electron chi connectivity index (χ2n) is 2.80. The quantitative estimate of drug-likeness (QED) is 0.449. The molecule has 0 aromatic carbocycles. The van der Waals surface area contributed by atoms with Gasteiger partial charge < -0.3 is 9.47 Å². The molecule has 1 atom stereocenters. The maximum atomic E-state index is 4.94. The average molecular weight is 156 g/mol. The van der Waals surface area contributed by atoms with Crippen molar-refractivity contribution in [1.29, 1.82) is 0 Å². The summed E-state index contributed by atoms with van der Waals surface area (Å²) in [6.07, 6.45) is 6.00. The molecule has 0 amide bonds. The van der Waals surface area contributed by atoms with Crippen molar-refractivity contribution in [2.24, 2.45) is 0 Å². The van der Waals surface area contributed by atoms with Gasteiger partial charge in [-0.15, -0.1) is 6.58 Å². The summed E-state index contributed by atoms with van der Waals surface area (Å²) in [5, 5.41) is 0. The molecular formula is C9H16O2. The van der Waals surface area contributed by atoms with Crippen LogP contribution in [0.15, 0.2) is 12.7 Å². The van der Waals surface area contributed by atoms with Crippen molar-refractivity contribution in [3.63, 3.8) is 0 Å². The Bertz CT molecular complexity index is 96.5. The second kappa shape index (κ2) is 5.33. The van der Waals surface area contributed by atoms with Crippen LogP contribution in [0.2, 0.25) is 0 Å². The summed E-state index contributed by atoms with van der Waals surface area (Å²) in [5.41, 5.74) is 0. The van der Waals surface area contributed by atoms with Gasteiger partial charge in [-0.2, -0.15) is 0 Å². The first kappa shape index (κ1) is 8.75. The van der Waals surface area contributed by atoms with Crippen molar-refractivity contribution >= 4 is 0 Å². The van der Waals surface area contributed by atoms with Crippen LogP contribution in [0, 0.1) is 0 Å². The molecule has 0 aromatic heterocycles. The Hall–Kier alpha value is -0.340. The molecule has 0 radical (unpaired) electrons. The molecular weight excluding hydrogens is 140 g/mol. The summed E-state index contributed by atoms with van der Waals surface area (Å²) < 4.78 is 9.82. The van der Waals surface area contributed by atoms with Gasteiger partial charge in [-0.1, -0.05) is 6.08 Å². The molecule has 64 valence electrons. The van der Waals surface area contributed by atoms with Crippen molar-refractivity contribution < 1.29 is 9.47 Å². The molecule has 2 heterocycles. The molecule has 2 saturated heterocycles. The molecule has 0 aromatic rings. The molecule has 2 fully saturated rings. The van der Waals surface area contributed by atoms with E-state index < -0.39 is 0 Å². The second-order valence-corrected chi connectivity index (χ2v) is 2.80. The Morgan fingerprint density at radius 2 is 2.00 bits per heavy atom. The van der Waals surface area contributed by atoms with Gasteiger partial charge in [0.2, 0.25) is 0 Å².